The summed E-state index contributed by atoms with van der Waals surface area (Å²) in [4.78, 5) is 4.51. The van der Waals surface area contributed by atoms with Crippen molar-refractivity contribution in [1.29, 1.82) is 0 Å². The molecule has 5 heteroatoms. The van der Waals surface area contributed by atoms with Crippen molar-refractivity contribution in [2.24, 2.45) is 5.84 Å². The molecule has 0 bridgehead atoms. The molecule has 2 aromatic rings. The van der Waals surface area contributed by atoms with Crippen LogP contribution in [0, 0.1) is 20.8 Å². The highest BCUT2D eigenvalue weighted by Crippen LogP contribution is 2.32. The standard InChI is InChI=1S/C15H21N3OS/c1-9-5-10(2)15(13(6-9)19-4)12(18-16)7-14-17-11(3)8-20-14/h5-6,8,12,18H,7,16H2,1-4H3. The number of hydrogen-bond donors (Lipinski definition) is 2. The predicted octanol–water partition coefficient (Wildman–Crippen LogP) is 2.82. The maximum Gasteiger partial charge on any atom is 0.124 e. The van der Waals surface area contributed by atoms with Crippen molar-refractivity contribution in [2.45, 2.75) is 33.2 Å². The highest BCUT2D eigenvalue weighted by atomic mass is 32.1. The molecule has 0 aliphatic heterocycles. The molecule has 0 saturated heterocycles. The van der Waals surface area contributed by atoms with Crippen molar-refractivity contribution in [3.8, 4) is 5.75 Å². The van der Waals surface area contributed by atoms with Gasteiger partial charge < -0.3 is 4.74 Å². The topological polar surface area (TPSA) is 60.2 Å². The van der Waals surface area contributed by atoms with Gasteiger partial charge in [-0.15, -0.1) is 11.3 Å². The predicted molar refractivity (Wildman–Crippen MR) is 83.1 cm³/mol. The van der Waals surface area contributed by atoms with Crippen LogP contribution in [0.4, 0.5) is 0 Å². The minimum atomic E-state index is -0.00361. The lowest BCUT2D eigenvalue weighted by atomic mass is 9.96. The highest BCUT2D eigenvalue weighted by molar-refractivity contribution is 7.09. The summed E-state index contributed by atoms with van der Waals surface area (Å²) < 4.78 is 5.52. The number of rotatable bonds is 5. The van der Waals surface area contributed by atoms with Crippen LogP contribution in [0.15, 0.2) is 17.5 Å². The zero-order valence-corrected chi connectivity index (χ0v) is 13.2. The summed E-state index contributed by atoms with van der Waals surface area (Å²) in [6, 6.07) is 4.19. The van der Waals surface area contributed by atoms with Gasteiger partial charge in [0.1, 0.15) is 5.75 Å². The monoisotopic (exact) mass is 291 g/mol. The van der Waals surface area contributed by atoms with Crippen molar-refractivity contribution in [2.75, 3.05) is 7.11 Å². The van der Waals surface area contributed by atoms with Crippen LogP contribution in [0.5, 0.6) is 5.75 Å². The molecule has 108 valence electrons. The Morgan fingerprint density at radius 2 is 2.10 bits per heavy atom. The van der Waals surface area contributed by atoms with E-state index in [1.807, 2.05) is 13.0 Å². The summed E-state index contributed by atoms with van der Waals surface area (Å²) in [5.41, 5.74) is 7.42. The fraction of sp³-hybridized carbons (Fsp3) is 0.400. The van der Waals surface area contributed by atoms with Gasteiger partial charge in [-0.3, -0.25) is 11.3 Å². The lowest BCUT2D eigenvalue weighted by molar-refractivity contribution is 0.398. The van der Waals surface area contributed by atoms with E-state index in [9.17, 15) is 0 Å². The summed E-state index contributed by atoms with van der Waals surface area (Å²) in [6.07, 6.45) is 0.759. The molecule has 0 fully saturated rings. The van der Waals surface area contributed by atoms with E-state index in [-0.39, 0.29) is 6.04 Å². The first-order valence-electron chi connectivity index (χ1n) is 6.57. The molecule has 0 aliphatic carbocycles. The van der Waals surface area contributed by atoms with Crippen LogP contribution in [0.3, 0.4) is 0 Å². The number of nitrogens with zero attached hydrogens (tertiary/aromatic N) is 1. The average Bonchev–Trinajstić information content (AvgIpc) is 2.81. The smallest absolute Gasteiger partial charge is 0.124 e. The summed E-state index contributed by atoms with van der Waals surface area (Å²) >= 11 is 1.66. The number of ether oxygens (including phenoxy) is 1. The van der Waals surface area contributed by atoms with Gasteiger partial charge in [0.15, 0.2) is 0 Å². The van der Waals surface area contributed by atoms with Crippen LogP contribution in [0.25, 0.3) is 0 Å². The molecule has 0 spiro atoms. The van der Waals surface area contributed by atoms with Crippen molar-refractivity contribution in [1.82, 2.24) is 10.4 Å². The molecule has 0 radical (unpaired) electrons. The number of thiazole rings is 1. The van der Waals surface area contributed by atoms with E-state index in [1.165, 1.54) is 11.1 Å². The number of aromatic nitrogens is 1. The van der Waals surface area contributed by atoms with Crippen LogP contribution in [0.2, 0.25) is 0 Å². The average molecular weight is 291 g/mol. The third-order valence-electron chi connectivity index (χ3n) is 3.31. The summed E-state index contributed by atoms with van der Waals surface area (Å²) in [6.45, 7) is 6.15. The van der Waals surface area contributed by atoms with E-state index >= 15 is 0 Å². The maximum absolute atomic E-state index is 5.76. The Hall–Kier alpha value is -1.43. The van der Waals surface area contributed by atoms with Gasteiger partial charge in [-0.2, -0.15) is 0 Å². The van der Waals surface area contributed by atoms with E-state index in [4.69, 9.17) is 10.6 Å². The van der Waals surface area contributed by atoms with Gasteiger partial charge in [0.05, 0.1) is 18.2 Å². The van der Waals surface area contributed by atoms with Gasteiger partial charge in [0.25, 0.3) is 0 Å². The molecule has 0 aliphatic rings. The minimum absolute atomic E-state index is 0.00361. The van der Waals surface area contributed by atoms with Crippen LogP contribution in [0.1, 0.15) is 33.4 Å². The Kier molecular flexibility index (Phi) is 4.75. The van der Waals surface area contributed by atoms with Gasteiger partial charge in [-0.05, 0) is 38.0 Å². The molecule has 2 rings (SSSR count). The molecule has 0 amide bonds. The number of nitrogens with one attached hydrogen (secondary N) is 1. The van der Waals surface area contributed by atoms with Crippen LogP contribution < -0.4 is 16.0 Å². The maximum atomic E-state index is 5.76. The molecular formula is C15H21N3OS. The number of hydrogen-bond acceptors (Lipinski definition) is 5. The largest absolute Gasteiger partial charge is 0.496 e. The molecule has 3 N–H and O–H groups in total. The van der Waals surface area contributed by atoms with Crippen molar-refractivity contribution >= 4 is 11.3 Å². The second-order valence-electron chi connectivity index (χ2n) is 5.00. The minimum Gasteiger partial charge on any atom is -0.496 e. The van der Waals surface area contributed by atoms with E-state index < -0.39 is 0 Å². The summed E-state index contributed by atoms with van der Waals surface area (Å²) in [5, 5.41) is 3.13. The Morgan fingerprint density at radius 3 is 2.65 bits per heavy atom. The van der Waals surface area contributed by atoms with Crippen molar-refractivity contribution in [3.05, 3.63) is 44.9 Å². The molecule has 1 atom stereocenters. The van der Waals surface area contributed by atoms with Crippen molar-refractivity contribution < 1.29 is 4.74 Å². The molecule has 1 aromatic heterocycles. The van der Waals surface area contributed by atoms with Gasteiger partial charge in [0.2, 0.25) is 0 Å². The zero-order chi connectivity index (χ0) is 14.7. The molecule has 20 heavy (non-hydrogen) atoms. The van der Waals surface area contributed by atoms with E-state index in [0.717, 1.165) is 28.4 Å². The second-order valence-corrected chi connectivity index (χ2v) is 5.95. The number of hydrazine groups is 1. The lowest BCUT2D eigenvalue weighted by Gasteiger charge is -2.21. The zero-order valence-electron chi connectivity index (χ0n) is 12.4. The van der Waals surface area contributed by atoms with Gasteiger partial charge in [0, 0.05) is 23.1 Å². The molecule has 4 nitrogen and oxygen atoms in total. The van der Waals surface area contributed by atoms with E-state index in [0.29, 0.717) is 0 Å². The fourth-order valence-corrected chi connectivity index (χ4v) is 3.29. The second kappa shape index (κ2) is 6.35. The van der Waals surface area contributed by atoms with Crippen LogP contribution in [-0.2, 0) is 6.42 Å². The van der Waals surface area contributed by atoms with Gasteiger partial charge in [-0.25, -0.2) is 4.98 Å². The quantitative estimate of drug-likeness (QED) is 0.657. The molecule has 0 saturated carbocycles. The van der Waals surface area contributed by atoms with Crippen molar-refractivity contribution in [3.63, 3.8) is 0 Å². The number of aryl methyl sites for hydroxylation is 3. The number of benzene rings is 1. The third-order valence-corrected chi connectivity index (χ3v) is 4.30. The molecule has 1 aromatic carbocycles. The molecular weight excluding hydrogens is 270 g/mol. The Morgan fingerprint density at radius 1 is 1.35 bits per heavy atom. The highest BCUT2D eigenvalue weighted by Gasteiger charge is 2.19. The SMILES string of the molecule is COc1cc(C)cc(C)c1C(Cc1nc(C)cs1)NN. The first-order chi connectivity index (χ1) is 9.55. The first-order valence-corrected chi connectivity index (χ1v) is 7.45. The van der Waals surface area contributed by atoms with Gasteiger partial charge in [-0.1, -0.05) is 6.07 Å². The first kappa shape index (κ1) is 15.0. The number of methoxy groups -OCH3 is 1. The Bertz CT molecular complexity index is 595. The van der Waals surface area contributed by atoms with Crippen LogP contribution >= 0.6 is 11.3 Å². The molecule has 1 heterocycles. The Labute approximate surface area is 124 Å². The van der Waals surface area contributed by atoms with E-state index in [2.05, 4.69) is 35.7 Å². The molecule has 1 unspecified atom stereocenters. The lowest BCUT2D eigenvalue weighted by Crippen LogP contribution is -2.30. The Balaban J connectivity index is 2.36. The van der Waals surface area contributed by atoms with E-state index in [1.54, 1.807) is 18.4 Å². The third kappa shape index (κ3) is 3.17. The van der Waals surface area contributed by atoms with Gasteiger partial charge >= 0.3 is 0 Å². The fourth-order valence-electron chi connectivity index (χ4n) is 2.47. The van der Waals surface area contributed by atoms with Crippen LogP contribution in [-0.4, -0.2) is 12.1 Å². The number of nitrogens with two attached hydrogens (primary N) is 1. The summed E-state index contributed by atoms with van der Waals surface area (Å²) in [7, 11) is 1.69. The normalized spacial score (nSPS) is 12.4. The summed E-state index contributed by atoms with van der Waals surface area (Å²) in [5.74, 6) is 6.64.